The summed E-state index contributed by atoms with van der Waals surface area (Å²) in [5.41, 5.74) is 21.1. The van der Waals surface area contributed by atoms with Crippen LogP contribution in [0, 0.1) is 69.2 Å². The van der Waals surface area contributed by atoms with Crippen molar-refractivity contribution in [3.8, 4) is 90.2 Å². The molecular formula is C111H74Ir4N12O4-8. The number of para-hydroxylation sites is 2. The van der Waals surface area contributed by atoms with Crippen molar-refractivity contribution in [1.29, 1.82) is 0 Å². The zero-order valence-electron chi connectivity index (χ0n) is 77.9. The molecule has 24 aromatic rings. The van der Waals surface area contributed by atoms with E-state index in [4.69, 9.17) is 30.0 Å². The molecule has 0 aliphatic heterocycles. The van der Waals surface area contributed by atoms with Crippen LogP contribution >= 0.6 is 0 Å². The van der Waals surface area contributed by atoms with Gasteiger partial charge < -0.3 is 62.5 Å². The van der Waals surface area contributed by atoms with Crippen molar-refractivity contribution in [3.63, 3.8) is 0 Å². The average Bonchev–Trinajstić information content (AvgIpc) is 1.49. The summed E-state index contributed by atoms with van der Waals surface area (Å²) in [6.07, 6.45) is 19.7. The summed E-state index contributed by atoms with van der Waals surface area (Å²) in [6.45, 7) is -7.10. The van der Waals surface area contributed by atoms with Gasteiger partial charge >= 0.3 is 0 Å². The predicted molar refractivity (Wildman–Crippen MR) is 503 cm³/mol. The molecule has 4 radical (unpaired) electrons. The van der Waals surface area contributed by atoms with Crippen LogP contribution in [-0.2, 0) is 80.4 Å². The van der Waals surface area contributed by atoms with Crippen LogP contribution < -0.4 is 0 Å². The number of aryl methyl sites for hydroxylation is 3. The van der Waals surface area contributed by atoms with Crippen LogP contribution in [0.15, 0.2) is 413 Å². The van der Waals surface area contributed by atoms with Crippen LogP contribution in [0.1, 0.15) is 29.0 Å². The summed E-state index contributed by atoms with van der Waals surface area (Å²) in [4.78, 5) is 51.3. The van der Waals surface area contributed by atoms with E-state index in [9.17, 15) is 0 Å². The molecule has 0 saturated carbocycles. The van der Waals surface area contributed by atoms with Crippen molar-refractivity contribution in [2.45, 2.75) is 20.6 Å². The van der Waals surface area contributed by atoms with Gasteiger partial charge in [0, 0.05) is 171 Å². The third-order valence-electron chi connectivity index (χ3n) is 19.3. The first-order valence-corrected chi connectivity index (χ1v) is 40.0. The first kappa shape index (κ1) is 82.1. The molecule has 0 aliphatic rings. The fraction of sp³-hybridized carbons (Fsp3) is 0.0270. The van der Waals surface area contributed by atoms with Crippen molar-refractivity contribution < 1.29 is 110 Å². The fourth-order valence-electron chi connectivity index (χ4n) is 13.2. The number of benzene rings is 8. The minimum absolute atomic E-state index is 0. The second-order valence-electron chi connectivity index (χ2n) is 27.8. The SMILES string of the molecule is [2H]C([2H])([2H])c1ccc(-c2[c-]cccc2)nc1.[2H]C([2H])([2H])c1cnc(-c2[c-]cccc2)cc1C([2H])([2H])[2H].[Ir].[Ir].[Ir].[Ir].[c-]1cc2c(cc1-c1ccccn1)oc1cccnc12.[c-]1cc2c(cc1-c1ccccn1)oc1ncccc12.[c-]1cc2c(nc1-c1ccccn1)oc1ccccc12.[c-]1ccccc1-c1ccccn1.[c-]1ccccc1-c1ccccn1.[c-]1nc2c(cc1-c1ccccn1)oc1ccccc12. The Morgan fingerprint density at radius 3 is 1.19 bits per heavy atom. The standard InChI is InChI=1S/4C16H9N2O.C13H12N.C12H10N.2C11H8N.4Ir/c1-2-8-17-14(5-1)11-6-7-12-13-4-3-9-18-16(13)19-15(12)10-11;1-2-7-15-11(5-1)12-8-9-14(18-16(12)19-15)13-6-3-4-10-17-13;1-2-7-14-12(5-1)16-15(19-14)9-11(10-18-16)13-6-3-4-8-17-13;1-2-8-17-13(4-1)11-6-7-12-15(10-11)19-14-5-3-9-18-16(12)14;1-10-8-13(14-9-11(10)2)12-6-4-3-5-7-12;1-10-7-8-12(13-9-10)11-5-3-2-4-6-11;2*1-2-6-10(7-3-1)11-8-4-5-9-12-11;;;;/h1-5,7-10H;1-8,10H;1-9H;1-5,7-10H;3-6,8-9H,1-2H3;2-5,7-9H,1H3;2*1-6,8-9H;;;;/q8*-1;;;;/i;;;;1D3,2D3;1D3;;;;;;. The maximum atomic E-state index is 7.50. The summed E-state index contributed by atoms with van der Waals surface area (Å²) >= 11 is 0. The minimum Gasteiger partial charge on any atom is -0.475 e. The first-order valence-electron chi connectivity index (χ1n) is 44.5. The van der Waals surface area contributed by atoms with Gasteiger partial charge in [-0.15, -0.1) is 185 Å². The van der Waals surface area contributed by atoms with Gasteiger partial charge in [-0.3, -0.25) is 4.98 Å². The maximum Gasteiger partial charge on any atom is 0.215 e. The molecule has 0 aliphatic carbocycles. The number of nitrogens with zero attached hydrogens (tertiary/aromatic N) is 12. The summed E-state index contributed by atoms with van der Waals surface area (Å²) in [6, 6.07) is 127. The number of rotatable bonds is 8. The molecule has 646 valence electrons. The number of fused-ring (bicyclic) bond motifs is 12. The number of hydrogen-bond acceptors (Lipinski definition) is 16. The molecule has 20 heteroatoms. The summed E-state index contributed by atoms with van der Waals surface area (Å²) < 4.78 is 89.5. The van der Waals surface area contributed by atoms with Gasteiger partial charge in [-0.05, 0) is 167 Å². The molecule has 0 atom stereocenters. The van der Waals surface area contributed by atoms with Crippen LogP contribution in [-0.4, -0.2) is 59.8 Å². The topological polar surface area (TPSA) is 207 Å². The number of hydrogen-bond donors (Lipinski definition) is 0. The van der Waals surface area contributed by atoms with Crippen molar-refractivity contribution >= 4 is 88.3 Å². The largest absolute Gasteiger partial charge is 0.475 e. The summed E-state index contributed by atoms with van der Waals surface area (Å²) in [5, 5.41) is 6.09. The monoisotopic (exact) mass is 2420 g/mol. The van der Waals surface area contributed by atoms with Gasteiger partial charge in [0.25, 0.3) is 0 Å². The van der Waals surface area contributed by atoms with E-state index < -0.39 is 20.6 Å². The molecule has 0 N–H and O–H groups in total. The van der Waals surface area contributed by atoms with E-state index in [1.165, 1.54) is 12.3 Å². The third-order valence-corrected chi connectivity index (χ3v) is 19.3. The quantitative estimate of drug-likeness (QED) is 0.130. The van der Waals surface area contributed by atoms with Crippen LogP contribution in [0.5, 0.6) is 0 Å². The van der Waals surface area contributed by atoms with Gasteiger partial charge in [-0.1, -0.05) is 168 Å². The molecule has 131 heavy (non-hydrogen) atoms. The fourth-order valence-corrected chi connectivity index (χ4v) is 13.2. The Balaban J connectivity index is 0.000000135. The van der Waals surface area contributed by atoms with Crippen LogP contribution in [0.3, 0.4) is 0 Å². The molecule has 16 nitrogen and oxygen atoms in total. The molecule has 24 rings (SSSR count). The van der Waals surface area contributed by atoms with Gasteiger partial charge in [0.1, 0.15) is 16.7 Å². The molecule has 0 saturated heterocycles. The van der Waals surface area contributed by atoms with Gasteiger partial charge in [0.2, 0.25) is 5.71 Å². The molecule has 16 aromatic heterocycles. The normalized spacial score (nSPS) is 11.6. The minimum atomic E-state index is -2.50. The van der Waals surface area contributed by atoms with E-state index in [1.54, 1.807) is 92.0 Å². The van der Waals surface area contributed by atoms with E-state index in [1.807, 2.05) is 285 Å². The van der Waals surface area contributed by atoms with E-state index in [0.717, 1.165) is 156 Å². The maximum absolute atomic E-state index is 7.50. The molecule has 16 heterocycles. The number of furan rings is 4. The second kappa shape index (κ2) is 46.9. The smallest absolute Gasteiger partial charge is 0.215 e. The predicted octanol–water partition coefficient (Wildman–Crippen LogP) is 26.5. The Labute approximate surface area is 823 Å². The Morgan fingerprint density at radius 2 is 0.664 bits per heavy atom. The Kier molecular flexibility index (Phi) is 29.4. The van der Waals surface area contributed by atoms with Crippen LogP contribution in [0.2, 0.25) is 0 Å². The molecule has 8 aromatic carbocycles. The molecule has 0 amide bonds. The van der Waals surface area contributed by atoms with Crippen molar-refractivity contribution in [2.24, 2.45) is 0 Å². The van der Waals surface area contributed by atoms with Crippen LogP contribution in [0.4, 0.5) is 0 Å². The Bertz CT molecular complexity index is 7300. The van der Waals surface area contributed by atoms with Gasteiger partial charge in [-0.2, -0.15) is 12.1 Å². The van der Waals surface area contributed by atoms with Crippen molar-refractivity contribution in [2.75, 3.05) is 0 Å². The summed E-state index contributed by atoms with van der Waals surface area (Å²) in [7, 11) is 0. The number of pyridine rings is 12. The average molecular weight is 2420 g/mol. The number of aromatic nitrogens is 12. The van der Waals surface area contributed by atoms with E-state index in [-0.39, 0.29) is 97.1 Å². The van der Waals surface area contributed by atoms with Gasteiger partial charge in [0.15, 0.2) is 5.71 Å². The Hall–Kier alpha value is -14.6. The van der Waals surface area contributed by atoms with Gasteiger partial charge in [-0.25, -0.2) is 9.97 Å². The van der Waals surface area contributed by atoms with E-state index in [2.05, 4.69) is 108 Å². The molecule has 0 bridgehead atoms. The summed E-state index contributed by atoms with van der Waals surface area (Å²) in [5.74, 6) is 0. The zero-order valence-corrected chi connectivity index (χ0v) is 78.4. The van der Waals surface area contributed by atoms with E-state index in [0.29, 0.717) is 28.4 Å². The van der Waals surface area contributed by atoms with Crippen LogP contribution in [0.25, 0.3) is 178 Å². The van der Waals surface area contributed by atoms with Crippen molar-refractivity contribution in [3.05, 3.63) is 461 Å². The zero-order chi connectivity index (χ0) is 93.6. The van der Waals surface area contributed by atoms with Gasteiger partial charge in [0.05, 0.1) is 22.3 Å². The third kappa shape index (κ3) is 24.0. The van der Waals surface area contributed by atoms with E-state index >= 15 is 0 Å². The second-order valence-corrected chi connectivity index (χ2v) is 27.8. The molecule has 0 fully saturated rings. The van der Waals surface area contributed by atoms with Crippen molar-refractivity contribution in [1.82, 2.24) is 59.8 Å². The molecule has 0 unspecified atom stereocenters. The Morgan fingerprint density at radius 1 is 0.244 bits per heavy atom. The molecule has 0 spiro atoms. The molecular weight excluding hydrogens is 2330 g/mol. The first-order chi connectivity index (χ1) is 66.4.